The molecule has 2 heterocycles. The minimum Gasteiger partial charge on any atom is -0.445 e. The third kappa shape index (κ3) is 3.69. The van der Waals surface area contributed by atoms with Crippen LogP contribution in [0.25, 0.3) is 10.6 Å². The fraction of sp³-hybridized carbons (Fsp3) is 0.250. The van der Waals surface area contributed by atoms with Crippen LogP contribution >= 0.6 is 11.3 Å². The van der Waals surface area contributed by atoms with E-state index in [1.165, 1.54) is 5.56 Å². The first-order valence-electron chi connectivity index (χ1n) is 6.88. The second-order valence-corrected chi connectivity index (χ2v) is 7.42. The van der Waals surface area contributed by atoms with E-state index in [0.29, 0.717) is 17.4 Å². The summed E-state index contributed by atoms with van der Waals surface area (Å²) < 4.78 is 17.5. The van der Waals surface area contributed by atoms with E-state index in [4.69, 9.17) is 4.42 Å². The minimum absolute atomic E-state index is 0.325. The van der Waals surface area contributed by atoms with E-state index in [1.54, 1.807) is 17.5 Å². The Hall–Kier alpha value is -1.79. The third-order valence-corrected chi connectivity index (χ3v) is 5.24. The van der Waals surface area contributed by atoms with Gasteiger partial charge in [-0.05, 0) is 13.8 Å². The van der Waals surface area contributed by atoms with Crippen molar-refractivity contribution < 1.29 is 8.63 Å². The van der Waals surface area contributed by atoms with Gasteiger partial charge in [0, 0.05) is 21.7 Å². The van der Waals surface area contributed by atoms with E-state index in [1.807, 2.05) is 12.3 Å². The number of rotatable bonds is 5. The first kappa shape index (κ1) is 15.1. The molecule has 0 spiro atoms. The van der Waals surface area contributed by atoms with Crippen LogP contribution in [-0.4, -0.2) is 14.2 Å². The maximum atomic E-state index is 12.2. The fourth-order valence-electron chi connectivity index (χ4n) is 2.02. The largest absolute Gasteiger partial charge is 0.445 e. The number of aryl methyl sites for hydroxylation is 2. The Labute approximate surface area is 135 Å². The SMILES string of the molecule is Cc1ccc(-c2nc(C[S@@](=O)Cc3ncc(C)o3)cs2)cc1. The van der Waals surface area contributed by atoms with Crippen LogP contribution in [-0.2, 0) is 22.3 Å². The highest BCUT2D eigenvalue weighted by molar-refractivity contribution is 7.83. The van der Waals surface area contributed by atoms with Gasteiger partial charge in [0.2, 0.25) is 5.89 Å². The molecule has 0 aliphatic rings. The highest BCUT2D eigenvalue weighted by Gasteiger charge is 2.11. The lowest BCUT2D eigenvalue weighted by Crippen LogP contribution is -2.00. The smallest absolute Gasteiger partial charge is 0.206 e. The summed E-state index contributed by atoms with van der Waals surface area (Å²) in [6.07, 6.45) is 1.64. The van der Waals surface area contributed by atoms with Gasteiger partial charge in [0.15, 0.2) is 0 Å². The van der Waals surface area contributed by atoms with E-state index in [0.717, 1.165) is 22.0 Å². The molecular weight excluding hydrogens is 316 g/mol. The van der Waals surface area contributed by atoms with Crippen molar-refractivity contribution in [2.24, 2.45) is 0 Å². The van der Waals surface area contributed by atoms with Crippen molar-refractivity contribution in [3.8, 4) is 10.6 Å². The van der Waals surface area contributed by atoms with Gasteiger partial charge in [-0.2, -0.15) is 0 Å². The second kappa shape index (κ2) is 6.54. The molecule has 0 N–H and O–H groups in total. The highest BCUT2D eigenvalue weighted by Crippen LogP contribution is 2.24. The molecule has 2 aromatic heterocycles. The van der Waals surface area contributed by atoms with Crippen LogP contribution in [0.1, 0.15) is 22.9 Å². The van der Waals surface area contributed by atoms with Crippen LogP contribution < -0.4 is 0 Å². The van der Waals surface area contributed by atoms with Gasteiger partial charge in [-0.1, -0.05) is 29.8 Å². The van der Waals surface area contributed by atoms with Gasteiger partial charge in [-0.3, -0.25) is 4.21 Å². The van der Waals surface area contributed by atoms with Crippen molar-refractivity contribution in [1.82, 2.24) is 9.97 Å². The molecule has 0 radical (unpaired) electrons. The first-order chi connectivity index (χ1) is 10.6. The van der Waals surface area contributed by atoms with Gasteiger partial charge in [-0.25, -0.2) is 9.97 Å². The number of thiazole rings is 1. The molecule has 4 nitrogen and oxygen atoms in total. The standard InChI is InChI=1S/C16H16N2O2S2/c1-11-3-5-13(6-4-11)16-18-14(8-21-16)9-22(19)10-15-17-7-12(2)20-15/h3-8H,9-10H2,1-2H3/t22-/m1/s1. The summed E-state index contributed by atoms with van der Waals surface area (Å²) in [6, 6.07) is 8.26. The summed E-state index contributed by atoms with van der Waals surface area (Å²) in [7, 11) is -1.07. The number of benzene rings is 1. The molecule has 1 aromatic carbocycles. The van der Waals surface area contributed by atoms with Gasteiger partial charge in [0.05, 0.1) is 17.6 Å². The molecule has 3 aromatic rings. The zero-order valence-electron chi connectivity index (χ0n) is 12.4. The molecule has 0 amide bonds. The summed E-state index contributed by atoms with van der Waals surface area (Å²) in [6.45, 7) is 3.89. The van der Waals surface area contributed by atoms with Gasteiger partial charge in [0.25, 0.3) is 0 Å². The second-order valence-electron chi connectivity index (χ2n) is 5.10. The van der Waals surface area contributed by atoms with E-state index >= 15 is 0 Å². The minimum atomic E-state index is -1.07. The van der Waals surface area contributed by atoms with Gasteiger partial charge in [0.1, 0.15) is 16.5 Å². The predicted octanol–water partition coefficient (Wildman–Crippen LogP) is 3.86. The molecule has 0 aliphatic carbocycles. The quantitative estimate of drug-likeness (QED) is 0.712. The summed E-state index contributed by atoms with van der Waals surface area (Å²) in [4.78, 5) is 8.65. The monoisotopic (exact) mass is 332 g/mol. The Morgan fingerprint density at radius 2 is 1.95 bits per heavy atom. The van der Waals surface area contributed by atoms with Crippen molar-refractivity contribution in [3.05, 3.63) is 58.8 Å². The van der Waals surface area contributed by atoms with Crippen molar-refractivity contribution >= 4 is 22.1 Å². The number of oxazole rings is 1. The molecule has 0 saturated carbocycles. The fourth-order valence-corrected chi connectivity index (χ4v) is 3.94. The lowest BCUT2D eigenvalue weighted by molar-refractivity contribution is 0.488. The summed E-state index contributed by atoms with van der Waals surface area (Å²) in [5, 5.41) is 2.92. The maximum Gasteiger partial charge on any atom is 0.206 e. The molecular formula is C16H16N2O2S2. The molecule has 114 valence electrons. The molecule has 1 atom stereocenters. The van der Waals surface area contributed by atoms with Crippen LogP contribution in [0.2, 0.25) is 0 Å². The lowest BCUT2D eigenvalue weighted by atomic mass is 10.2. The number of aromatic nitrogens is 2. The van der Waals surface area contributed by atoms with Crippen molar-refractivity contribution in [1.29, 1.82) is 0 Å². The van der Waals surface area contributed by atoms with E-state index in [9.17, 15) is 4.21 Å². The Bertz CT molecular complexity index is 791. The zero-order chi connectivity index (χ0) is 15.5. The Kier molecular flexibility index (Phi) is 4.49. The van der Waals surface area contributed by atoms with Crippen LogP contribution in [0.15, 0.2) is 40.3 Å². The van der Waals surface area contributed by atoms with Gasteiger partial charge < -0.3 is 4.42 Å². The zero-order valence-corrected chi connectivity index (χ0v) is 14.0. The number of hydrogen-bond acceptors (Lipinski definition) is 5. The topological polar surface area (TPSA) is 56.0 Å². The molecule has 6 heteroatoms. The molecule has 0 fully saturated rings. The Balaban J connectivity index is 1.66. The van der Waals surface area contributed by atoms with Crippen LogP contribution in [0.3, 0.4) is 0 Å². The molecule has 0 bridgehead atoms. The Morgan fingerprint density at radius 3 is 2.64 bits per heavy atom. The maximum absolute atomic E-state index is 12.2. The van der Waals surface area contributed by atoms with Crippen molar-refractivity contribution in [2.45, 2.75) is 25.4 Å². The molecule has 0 aliphatic heterocycles. The summed E-state index contributed by atoms with van der Waals surface area (Å²) in [5.74, 6) is 2.00. The highest BCUT2D eigenvalue weighted by atomic mass is 32.2. The van der Waals surface area contributed by atoms with E-state index in [-0.39, 0.29) is 0 Å². The number of hydrogen-bond donors (Lipinski definition) is 0. The first-order valence-corrected chi connectivity index (χ1v) is 9.24. The normalized spacial score (nSPS) is 12.5. The van der Waals surface area contributed by atoms with Gasteiger partial charge >= 0.3 is 0 Å². The number of nitrogens with zero attached hydrogens (tertiary/aromatic N) is 2. The average molecular weight is 332 g/mol. The molecule has 22 heavy (non-hydrogen) atoms. The predicted molar refractivity (Wildman–Crippen MR) is 89.1 cm³/mol. The Morgan fingerprint density at radius 1 is 1.18 bits per heavy atom. The summed E-state index contributed by atoms with van der Waals surface area (Å²) in [5.41, 5.74) is 3.17. The van der Waals surface area contributed by atoms with Crippen LogP contribution in [0.5, 0.6) is 0 Å². The van der Waals surface area contributed by atoms with Crippen LogP contribution in [0.4, 0.5) is 0 Å². The van der Waals surface area contributed by atoms with Crippen LogP contribution in [0, 0.1) is 13.8 Å². The third-order valence-electron chi connectivity index (χ3n) is 3.11. The van der Waals surface area contributed by atoms with Crippen molar-refractivity contribution in [2.75, 3.05) is 0 Å². The van der Waals surface area contributed by atoms with Crippen molar-refractivity contribution in [3.63, 3.8) is 0 Å². The van der Waals surface area contributed by atoms with E-state index in [2.05, 4.69) is 41.2 Å². The average Bonchev–Trinajstić information content (AvgIpc) is 3.09. The molecule has 0 unspecified atom stereocenters. The summed E-state index contributed by atoms with van der Waals surface area (Å²) >= 11 is 1.58. The lowest BCUT2D eigenvalue weighted by Gasteiger charge is -1.98. The van der Waals surface area contributed by atoms with Gasteiger partial charge in [-0.15, -0.1) is 11.3 Å². The molecule has 3 rings (SSSR count). The van der Waals surface area contributed by atoms with E-state index < -0.39 is 10.8 Å². The molecule has 0 saturated heterocycles.